The van der Waals surface area contributed by atoms with Crippen molar-refractivity contribution >= 4 is 0 Å². The monoisotopic (exact) mass is 420 g/mol. The Morgan fingerprint density at radius 3 is 2.17 bits per heavy atom. The Hall–Kier alpha value is -2.84. The van der Waals surface area contributed by atoms with Crippen LogP contribution in [-0.2, 0) is 6.18 Å². The molecule has 0 aliphatic rings. The average molecular weight is 420 g/mol. The van der Waals surface area contributed by atoms with Crippen LogP contribution in [0.4, 0.5) is 13.2 Å². The van der Waals surface area contributed by atoms with Crippen molar-refractivity contribution in [2.75, 3.05) is 7.11 Å². The predicted molar refractivity (Wildman–Crippen MR) is 106 cm³/mol. The third kappa shape index (κ3) is 5.01. The van der Waals surface area contributed by atoms with Crippen molar-refractivity contribution in [3.05, 3.63) is 65.9 Å². The molecule has 1 aromatic heterocycles. The van der Waals surface area contributed by atoms with Crippen LogP contribution in [0.3, 0.4) is 0 Å². The lowest BCUT2D eigenvalue weighted by molar-refractivity contribution is -0.137. The fraction of sp³-hybridized carbons (Fsp3) is 0.318. The van der Waals surface area contributed by atoms with Crippen molar-refractivity contribution in [2.24, 2.45) is 0 Å². The van der Waals surface area contributed by atoms with Crippen LogP contribution in [0, 0.1) is 0 Å². The number of rotatable bonds is 7. The minimum Gasteiger partial charge on any atom is -0.497 e. The molecule has 0 spiro atoms. The van der Waals surface area contributed by atoms with Gasteiger partial charge in [-0.2, -0.15) is 18.3 Å². The Bertz CT molecular complexity index is 965. The first-order valence-corrected chi connectivity index (χ1v) is 9.47. The van der Waals surface area contributed by atoms with Gasteiger partial charge < -0.3 is 14.9 Å². The molecule has 0 aliphatic heterocycles. The Morgan fingerprint density at radius 2 is 1.63 bits per heavy atom. The molecule has 5 nitrogen and oxygen atoms in total. The molecule has 0 fully saturated rings. The summed E-state index contributed by atoms with van der Waals surface area (Å²) in [6.45, 7) is 1.64. The van der Waals surface area contributed by atoms with E-state index < -0.39 is 23.9 Å². The standard InChI is InChI=1S/C22H23F3N2O3/c1-14(28)3-12-21(29)19-13-20(15-4-6-16(7-5-15)22(23,24)25)27(26-19)17-8-10-18(30-2)11-9-17/h4-11,13-14,21,28-29H,3,12H2,1-2H3. The zero-order valence-corrected chi connectivity index (χ0v) is 16.6. The SMILES string of the molecule is COc1ccc(-n2nc(C(O)CCC(C)O)cc2-c2ccc(C(F)(F)F)cc2)cc1. The summed E-state index contributed by atoms with van der Waals surface area (Å²) in [5.41, 5.74) is 1.38. The maximum Gasteiger partial charge on any atom is 0.416 e. The van der Waals surface area contributed by atoms with Crippen LogP contribution in [0.15, 0.2) is 54.6 Å². The van der Waals surface area contributed by atoms with Gasteiger partial charge in [-0.15, -0.1) is 0 Å². The third-order valence-corrected chi connectivity index (χ3v) is 4.75. The molecular weight excluding hydrogens is 397 g/mol. The number of aromatic nitrogens is 2. The first kappa shape index (κ1) is 21.9. The van der Waals surface area contributed by atoms with Crippen LogP contribution >= 0.6 is 0 Å². The van der Waals surface area contributed by atoms with Crippen LogP contribution in [0.2, 0.25) is 0 Å². The van der Waals surface area contributed by atoms with E-state index in [-0.39, 0.29) is 0 Å². The number of aliphatic hydroxyl groups is 2. The molecule has 8 heteroatoms. The van der Waals surface area contributed by atoms with E-state index >= 15 is 0 Å². The molecule has 1 heterocycles. The highest BCUT2D eigenvalue weighted by Gasteiger charge is 2.30. The molecule has 2 aromatic carbocycles. The summed E-state index contributed by atoms with van der Waals surface area (Å²) in [7, 11) is 1.55. The Morgan fingerprint density at radius 1 is 1.00 bits per heavy atom. The van der Waals surface area contributed by atoms with Crippen molar-refractivity contribution < 1.29 is 28.1 Å². The van der Waals surface area contributed by atoms with Gasteiger partial charge in [-0.25, -0.2) is 4.68 Å². The molecule has 30 heavy (non-hydrogen) atoms. The summed E-state index contributed by atoms with van der Waals surface area (Å²) in [5, 5.41) is 24.4. The highest BCUT2D eigenvalue weighted by molar-refractivity contribution is 5.63. The summed E-state index contributed by atoms with van der Waals surface area (Å²) in [6, 6.07) is 13.5. The van der Waals surface area contributed by atoms with E-state index in [0.29, 0.717) is 41.2 Å². The summed E-state index contributed by atoms with van der Waals surface area (Å²) in [4.78, 5) is 0. The molecule has 2 atom stereocenters. The lowest BCUT2D eigenvalue weighted by Crippen LogP contribution is -2.06. The zero-order valence-electron chi connectivity index (χ0n) is 16.6. The second-order valence-electron chi connectivity index (χ2n) is 7.08. The van der Waals surface area contributed by atoms with Crippen LogP contribution in [0.1, 0.15) is 37.1 Å². The van der Waals surface area contributed by atoms with Gasteiger partial charge in [-0.3, -0.25) is 0 Å². The minimum absolute atomic E-state index is 0.309. The van der Waals surface area contributed by atoms with E-state index in [1.165, 1.54) is 12.1 Å². The van der Waals surface area contributed by atoms with E-state index in [1.807, 2.05) is 0 Å². The molecule has 0 saturated carbocycles. The largest absolute Gasteiger partial charge is 0.497 e. The van der Waals surface area contributed by atoms with Gasteiger partial charge in [0, 0.05) is 5.56 Å². The number of methoxy groups -OCH3 is 1. The number of hydrogen-bond acceptors (Lipinski definition) is 4. The van der Waals surface area contributed by atoms with Crippen LogP contribution in [0.5, 0.6) is 5.75 Å². The van der Waals surface area contributed by atoms with Crippen molar-refractivity contribution in [3.8, 4) is 22.7 Å². The number of ether oxygens (including phenoxy) is 1. The first-order valence-electron chi connectivity index (χ1n) is 9.47. The number of halogens is 3. The predicted octanol–water partition coefficient (Wildman–Crippen LogP) is 4.76. The smallest absolute Gasteiger partial charge is 0.416 e. The number of hydrogen-bond donors (Lipinski definition) is 2. The molecule has 0 saturated heterocycles. The molecule has 2 N–H and O–H groups in total. The molecular formula is C22H23F3N2O3. The summed E-state index contributed by atoms with van der Waals surface area (Å²) in [6.07, 6.45) is -5.18. The molecule has 0 bridgehead atoms. The van der Waals surface area contributed by atoms with Gasteiger partial charge in [0.2, 0.25) is 0 Å². The molecule has 0 amide bonds. The fourth-order valence-corrected chi connectivity index (χ4v) is 3.07. The van der Waals surface area contributed by atoms with E-state index in [1.54, 1.807) is 49.0 Å². The maximum atomic E-state index is 12.9. The molecule has 2 unspecified atom stereocenters. The van der Waals surface area contributed by atoms with Gasteiger partial charge in [0.15, 0.2) is 0 Å². The number of benzene rings is 2. The lowest BCUT2D eigenvalue weighted by atomic mass is 10.1. The van der Waals surface area contributed by atoms with Crippen LogP contribution in [-0.4, -0.2) is 33.2 Å². The molecule has 160 valence electrons. The van der Waals surface area contributed by atoms with Gasteiger partial charge in [0.25, 0.3) is 0 Å². The highest BCUT2D eigenvalue weighted by atomic mass is 19.4. The number of alkyl halides is 3. The van der Waals surface area contributed by atoms with Crippen molar-refractivity contribution in [3.63, 3.8) is 0 Å². The van der Waals surface area contributed by atoms with Gasteiger partial charge in [-0.05, 0) is 62.2 Å². The van der Waals surface area contributed by atoms with E-state index in [2.05, 4.69) is 5.10 Å². The van der Waals surface area contributed by atoms with E-state index in [4.69, 9.17) is 4.74 Å². The van der Waals surface area contributed by atoms with Crippen LogP contribution in [0.25, 0.3) is 16.9 Å². The molecule has 0 aliphatic carbocycles. The lowest BCUT2D eigenvalue weighted by Gasteiger charge is -2.10. The number of nitrogens with zero attached hydrogens (tertiary/aromatic N) is 2. The van der Waals surface area contributed by atoms with E-state index in [9.17, 15) is 23.4 Å². The Labute approximate surface area is 172 Å². The quantitative estimate of drug-likeness (QED) is 0.578. The maximum absolute atomic E-state index is 12.9. The van der Waals surface area contributed by atoms with Crippen molar-refractivity contribution in [1.82, 2.24) is 9.78 Å². The summed E-state index contributed by atoms with van der Waals surface area (Å²) >= 11 is 0. The van der Waals surface area contributed by atoms with Crippen molar-refractivity contribution in [1.29, 1.82) is 0 Å². The second kappa shape index (κ2) is 8.89. The van der Waals surface area contributed by atoms with E-state index in [0.717, 1.165) is 12.1 Å². The van der Waals surface area contributed by atoms with Crippen LogP contribution < -0.4 is 4.74 Å². The minimum atomic E-state index is -4.42. The van der Waals surface area contributed by atoms with Gasteiger partial charge in [-0.1, -0.05) is 12.1 Å². The topological polar surface area (TPSA) is 67.5 Å². The van der Waals surface area contributed by atoms with Gasteiger partial charge in [0.05, 0.1) is 42.0 Å². The van der Waals surface area contributed by atoms with Gasteiger partial charge in [0.1, 0.15) is 5.75 Å². The van der Waals surface area contributed by atoms with Gasteiger partial charge >= 0.3 is 6.18 Å². The second-order valence-corrected chi connectivity index (χ2v) is 7.08. The first-order chi connectivity index (χ1) is 14.2. The Balaban J connectivity index is 2.02. The average Bonchev–Trinajstić information content (AvgIpc) is 3.17. The normalized spacial score (nSPS) is 13.8. The molecule has 3 aromatic rings. The molecule has 0 radical (unpaired) electrons. The fourth-order valence-electron chi connectivity index (χ4n) is 3.07. The third-order valence-electron chi connectivity index (χ3n) is 4.75. The van der Waals surface area contributed by atoms with Crippen molar-refractivity contribution in [2.45, 2.75) is 38.1 Å². The highest BCUT2D eigenvalue weighted by Crippen LogP contribution is 2.33. The molecule has 3 rings (SSSR count). The zero-order chi connectivity index (χ0) is 21.9. The number of aliphatic hydroxyl groups excluding tert-OH is 2. The Kier molecular flexibility index (Phi) is 6.48. The summed E-state index contributed by atoms with van der Waals surface area (Å²) in [5.74, 6) is 0.652. The summed E-state index contributed by atoms with van der Waals surface area (Å²) < 4.78 is 45.5.